The van der Waals surface area contributed by atoms with Crippen molar-refractivity contribution in [3.05, 3.63) is 15.0 Å². The molecule has 0 aliphatic carbocycles. The van der Waals surface area contributed by atoms with Crippen molar-refractivity contribution in [2.24, 2.45) is 0 Å². The Labute approximate surface area is 64.3 Å². The van der Waals surface area contributed by atoms with E-state index in [0.717, 1.165) is 0 Å². The highest BCUT2D eigenvalue weighted by molar-refractivity contribution is 9.10. The molecule has 0 aromatic carbocycles. The van der Waals surface area contributed by atoms with E-state index in [1.54, 1.807) is 0 Å². The molecule has 0 bridgehead atoms. The second-order valence-corrected chi connectivity index (χ2v) is 2.64. The molecule has 2 nitrogen and oxygen atoms in total. The SMILES string of the molecule is Clc1nc(Cl)c(Br)[nH]1. The number of aromatic amines is 1. The lowest BCUT2D eigenvalue weighted by Gasteiger charge is -1.73. The molecule has 0 saturated heterocycles. The molecular formula is C3HBrCl2N2. The second kappa shape index (κ2) is 2.25. The molecule has 0 aliphatic heterocycles. The fraction of sp³-hybridized carbons (Fsp3) is 0. The summed E-state index contributed by atoms with van der Waals surface area (Å²) >= 11 is 13.9. The van der Waals surface area contributed by atoms with Gasteiger partial charge in [0.15, 0.2) is 5.15 Å². The summed E-state index contributed by atoms with van der Waals surface area (Å²) in [6, 6.07) is 0. The highest BCUT2D eigenvalue weighted by Crippen LogP contribution is 2.20. The van der Waals surface area contributed by atoms with Gasteiger partial charge in [0.25, 0.3) is 0 Å². The quantitative estimate of drug-likeness (QED) is 0.708. The molecule has 44 valence electrons. The average Bonchev–Trinajstić information content (AvgIpc) is 1.85. The number of hydrogen-bond donors (Lipinski definition) is 1. The molecule has 0 aliphatic rings. The Morgan fingerprint density at radius 3 is 2.25 bits per heavy atom. The Morgan fingerprint density at radius 2 is 2.12 bits per heavy atom. The first-order chi connectivity index (χ1) is 3.70. The summed E-state index contributed by atoms with van der Waals surface area (Å²) in [6.45, 7) is 0. The normalized spacial score (nSPS) is 9.88. The maximum Gasteiger partial charge on any atom is 0.202 e. The van der Waals surface area contributed by atoms with Crippen molar-refractivity contribution < 1.29 is 0 Å². The van der Waals surface area contributed by atoms with Gasteiger partial charge >= 0.3 is 0 Å². The fourth-order valence-electron chi connectivity index (χ4n) is 0.305. The summed E-state index contributed by atoms with van der Waals surface area (Å²) in [4.78, 5) is 6.29. The second-order valence-electron chi connectivity index (χ2n) is 1.13. The van der Waals surface area contributed by atoms with Gasteiger partial charge in [-0.25, -0.2) is 4.98 Å². The number of halogens is 3. The topological polar surface area (TPSA) is 28.7 Å². The number of imidazole rings is 1. The van der Waals surface area contributed by atoms with Crippen LogP contribution < -0.4 is 0 Å². The van der Waals surface area contributed by atoms with Crippen LogP contribution in [-0.4, -0.2) is 9.97 Å². The minimum Gasteiger partial charge on any atom is -0.322 e. The van der Waals surface area contributed by atoms with Crippen molar-refractivity contribution in [3.63, 3.8) is 0 Å². The van der Waals surface area contributed by atoms with Gasteiger partial charge < -0.3 is 4.98 Å². The van der Waals surface area contributed by atoms with Crippen LogP contribution in [0.15, 0.2) is 4.60 Å². The van der Waals surface area contributed by atoms with Gasteiger partial charge in [-0.1, -0.05) is 11.6 Å². The van der Waals surface area contributed by atoms with Crippen LogP contribution in [0.1, 0.15) is 0 Å². The minimum atomic E-state index is 0.293. The lowest BCUT2D eigenvalue weighted by atomic mass is 10.9. The number of aromatic nitrogens is 2. The van der Waals surface area contributed by atoms with Crippen molar-refractivity contribution >= 4 is 39.1 Å². The average molecular weight is 216 g/mol. The Morgan fingerprint density at radius 1 is 1.50 bits per heavy atom. The third kappa shape index (κ3) is 1.16. The molecule has 0 spiro atoms. The number of rotatable bonds is 0. The molecule has 1 aromatic rings. The van der Waals surface area contributed by atoms with Crippen LogP contribution in [0.2, 0.25) is 10.4 Å². The van der Waals surface area contributed by atoms with E-state index in [-0.39, 0.29) is 0 Å². The minimum absolute atomic E-state index is 0.293. The maximum atomic E-state index is 5.46. The predicted molar refractivity (Wildman–Crippen MR) is 36.3 cm³/mol. The first-order valence-corrected chi connectivity index (χ1v) is 3.31. The molecule has 8 heavy (non-hydrogen) atoms. The Balaban J connectivity index is 3.14. The van der Waals surface area contributed by atoms with Crippen LogP contribution >= 0.6 is 39.1 Å². The largest absolute Gasteiger partial charge is 0.322 e. The van der Waals surface area contributed by atoms with E-state index in [0.29, 0.717) is 15.0 Å². The smallest absolute Gasteiger partial charge is 0.202 e. The highest BCUT2D eigenvalue weighted by atomic mass is 79.9. The molecule has 1 rings (SSSR count). The monoisotopic (exact) mass is 214 g/mol. The molecule has 0 amide bonds. The number of hydrogen-bond acceptors (Lipinski definition) is 1. The van der Waals surface area contributed by atoms with Crippen molar-refractivity contribution in [3.8, 4) is 0 Å². The predicted octanol–water partition coefficient (Wildman–Crippen LogP) is 2.48. The number of H-pyrrole nitrogens is 1. The summed E-state index contributed by atoms with van der Waals surface area (Å²) in [5.41, 5.74) is 0. The molecule has 0 unspecified atom stereocenters. The van der Waals surface area contributed by atoms with Gasteiger partial charge in [0, 0.05) is 0 Å². The third-order valence-electron chi connectivity index (χ3n) is 0.590. The van der Waals surface area contributed by atoms with E-state index in [1.165, 1.54) is 0 Å². The molecule has 1 N–H and O–H groups in total. The van der Waals surface area contributed by atoms with Crippen LogP contribution in [0, 0.1) is 0 Å². The van der Waals surface area contributed by atoms with E-state index in [9.17, 15) is 0 Å². The Hall–Kier alpha value is 0.270. The van der Waals surface area contributed by atoms with E-state index < -0.39 is 0 Å². The van der Waals surface area contributed by atoms with E-state index in [1.807, 2.05) is 0 Å². The summed E-state index contributed by atoms with van der Waals surface area (Å²) in [7, 11) is 0. The van der Waals surface area contributed by atoms with Gasteiger partial charge in [0.1, 0.15) is 4.60 Å². The van der Waals surface area contributed by atoms with Crippen LogP contribution in [0.25, 0.3) is 0 Å². The number of nitrogens with one attached hydrogen (secondary N) is 1. The summed E-state index contributed by atoms with van der Waals surface area (Å²) < 4.78 is 0.615. The van der Waals surface area contributed by atoms with Gasteiger partial charge in [0.2, 0.25) is 5.28 Å². The van der Waals surface area contributed by atoms with E-state index >= 15 is 0 Å². The van der Waals surface area contributed by atoms with Crippen molar-refractivity contribution in [1.29, 1.82) is 0 Å². The van der Waals surface area contributed by atoms with E-state index in [4.69, 9.17) is 23.2 Å². The van der Waals surface area contributed by atoms with Crippen molar-refractivity contribution in [1.82, 2.24) is 9.97 Å². The first-order valence-electron chi connectivity index (χ1n) is 1.76. The first kappa shape index (κ1) is 6.39. The zero-order chi connectivity index (χ0) is 6.15. The summed E-state index contributed by atoms with van der Waals surface area (Å²) in [6.07, 6.45) is 0. The van der Waals surface area contributed by atoms with Crippen LogP contribution in [0.3, 0.4) is 0 Å². The van der Waals surface area contributed by atoms with Gasteiger partial charge in [0.05, 0.1) is 0 Å². The standard InChI is InChI=1S/C3HBrCl2N2/c4-1-2(5)8-3(6)7-1/h(H,7,8). The van der Waals surface area contributed by atoms with Gasteiger partial charge in [-0.15, -0.1) is 0 Å². The molecule has 1 heterocycles. The Bertz CT molecular complexity index is 178. The number of nitrogens with zero attached hydrogens (tertiary/aromatic N) is 1. The van der Waals surface area contributed by atoms with Crippen LogP contribution in [0.4, 0.5) is 0 Å². The Kier molecular flexibility index (Phi) is 1.80. The summed E-state index contributed by atoms with van der Waals surface area (Å²) in [5.74, 6) is 0. The van der Waals surface area contributed by atoms with Crippen LogP contribution in [0.5, 0.6) is 0 Å². The fourth-order valence-corrected chi connectivity index (χ4v) is 1.05. The molecule has 0 atom stereocenters. The van der Waals surface area contributed by atoms with Crippen LogP contribution in [-0.2, 0) is 0 Å². The van der Waals surface area contributed by atoms with Gasteiger partial charge in [-0.3, -0.25) is 0 Å². The lowest BCUT2D eigenvalue weighted by molar-refractivity contribution is 1.30. The lowest BCUT2D eigenvalue weighted by Crippen LogP contribution is -1.58. The van der Waals surface area contributed by atoms with Crippen molar-refractivity contribution in [2.75, 3.05) is 0 Å². The van der Waals surface area contributed by atoms with Crippen molar-refractivity contribution in [2.45, 2.75) is 0 Å². The molecule has 0 radical (unpaired) electrons. The van der Waals surface area contributed by atoms with E-state index in [2.05, 4.69) is 25.9 Å². The summed E-state index contributed by atoms with van der Waals surface area (Å²) in [5, 5.41) is 0.650. The molecular weight excluding hydrogens is 215 g/mol. The van der Waals surface area contributed by atoms with Gasteiger partial charge in [-0.05, 0) is 27.5 Å². The molecule has 5 heteroatoms. The maximum absolute atomic E-state index is 5.46. The molecule has 0 fully saturated rings. The highest BCUT2D eigenvalue weighted by Gasteiger charge is 2.00. The third-order valence-corrected chi connectivity index (χ3v) is 1.84. The molecule has 0 saturated carbocycles. The molecule has 1 aromatic heterocycles. The van der Waals surface area contributed by atoms with Gasteiger partial charge in [-0.2, -0.15) is 0 Å². The zero-order valence-electron chi connectivity index (χ0n) is 3.58. The zero-order valence-corrected chi connectivity index (χ0v) is 6.68.